The van der Waals surface area contributed by atoms with Crippen molar-refractivity contribution >= 4 is 47.1 Å². The molecule has 4 rings (SSSR count). The zero-order valence-corrected chi connectivity index (χ0v) is 19.4. The molecule has 2 N–H and O–H groups in total. The summed E-state index contributed by atoms with van der Waals surface area (Å²) in [6, 6.07) is 12.5. The second-order valence-corrected chi connectivity index (χ2v) is 8.22. The Hall–Kier alpha value is -3.89. The van der Waals surface area contributed by atoms with Crippen molar-refractivity contribution in [1.29, 1.82) is 0 Å². The highest BCUT2D eigenvalue weighted by molar-refractivity contribution is 6.30. The Labute approximate surface area is 206 Å². The van der Waals surface area contributed by atoms with Gasteiger partial charge in [0.05, 0.1) is 13.2 Å². The second kappa shape index (κ2) is 11.0. The van der Waals surface area contributed by atoms with Crippen molar-refractivity contribution < 1.29 is 28.7 Å². The molecule has 2 aromatic rings. The minimum Gasteiger partial charge on any atom is -0.484 e. The molecule has 2 fully saturated rings. The molecule has 0 atom stereocenters. The van der Waals surface area contributed by atoms with Crippen LogP contribution in [0.1, 0.15) is 5.56 Å². The molecule has 2 aromatic carbocycles. The molecule has 2 heterocycles. The summed E-state index contributed by atoms with van der Waals surface area (Å²) in [5, 5.41) is 5.61. The molecule has 10 nitrogen and oxygen atoms in total. The lowest BCUT2D eigenvalue weighted by Crippen LogP contribution is -2.42. The van der Waals surface area contributed by atoms with Gasteiger partial charge in [0.15, 0.2) is 6.61 Å². The van der Waals surface area contributed by atoms with Crippen molar-refractivity contribution in [2.24, 2.45) is 0 Å². The van der Waals surface area contributed by atoms with Crippen LogP contribution in [0.4, 0.5) is 10.5 Å². The third-order valence-electron chi connectivity index (χ3n) is 5.31. The van der Waals surface area contributed by atoms with Gasteiger partial charge in [0.2, 0.25) is 5.91 Å². The van der Waals surface area contributed by atoms with Crippen molar-refractivity contribution in [3.63, 3.8) is 0 Å². The topological polar surface area (TPSA) is 117 Å². The van der Waals surface area contributed by atoms with Gasteiger partial charge in [-0.05, 0) is 48.0 Å². The van der Waals surface area contributed by atoms with Crippen molar-refractivity contribution in [3.8, 4) is 5.75 Å². The summed E-state index contributed by atoms with van der Waals surface area (Å²) in [6.07, 6.45) is 1.50. The van der Waals surface area contributed by atoms with Gasteiger partial charge in [-0.3, -0.25) is 14.4 Å². The number of carbonyl (C=O) groups is 4. The number of ether oxygens (including phenoxy) is 2. The normalized spacial score (nSPS) is 16.9. The Bertz CT molecular complexity index is 1140. The van der Waals surface area contributed by atoms with E-state index in [-0.39, 0.29) is 18.2 Å². The number of halogens is 1. The highest BCUT2D eigenvalue weighted by Gasteiger charge is 2.34. The van der Waals surface area contributed by atoms with Gasteiger partial charge >= 0.3 is 6.03 Å². The molecular weight excluding hydrogens is 476 g/mol. The molecule has 2 saturated heterocycles. The highest BCUT2D eigenvalue weighted by Crippen LogP contribution is 2.18. The van der Waals surface area contributed by atoms with E-state index in [1.165, 1.54) is 6.08 Å². The van der Waals surface area contributed by atoms with Gasteiger partial charge in [-0.1, -0.05) is 23.7 Å². The van der Waals surface area contributed by atoms with Crippen molar-refractivity contribution in [3.05, 3.63) is 64.8 Å². The number of anilines is 1. The fraction of sp³-hybridized carbons (Fsp3) is 0.250. The number of imide groups is 1. The van der Waals surface area contributed by atoms with Crippen LogP contribution < -0.4 is 15.4 Å². The number of nitrogens with zero attached hydrogens (tertiary/aromatic N) is 2. The number of morpholine rings is 1. The number of hydrogen-bond donors (Lipinski definition) is 2. The van der Waals surface area contributed by atoms with Crippen LogP contribution in [0.2, 0.25) is 5.02 Å². The summed E-state index contributed by atoms with van der Waals surface area (Å²) in [4.78, 5) is 51.9. The van der Waals surface area contributed by atoms with Gasteiger partial charge in [-0.25, -0.2) is 9.69 Å². The Kier molecular flexibility index (Phi) is 7.64. The molecule has 0 saturated carbocycles. The van der Waals surface area contributed by atoms with Crippen LogP contribution in [-0.4, -0.2) is 73.0 Å². The molecule has 5 amide bonds. The van der Waals surface area contributed by atoms with Crippen LogP contribution in [0.3, 0.4) is 0 Å². The van der Waals surface area contributed by atoms with Gasteiger partial charge in [-0.2, -0.15) is 0 Å². The molecule has 11 heteroatoms. The quantitative estimate of drug-likeness (QED) is 0.446. The second-order valence-electron chi connectivity index (χ2n) is 7.79. The van der Waals surface area contributed by atoms with Gasteiger partial charge < -0.3 is 25.0 Å². The number of rotatable bonds is 7. The molecule has 0 aliphatic carbocycles. The van der Waals surface area contributed by atoms with Gasteiger partial charge in [0.1, 0.15) is 18.0 Å². The Morgan fingerprint density at radius 3 is 2.43 bits per heavy atom. The average molecular weight is 499 g/mol. The summed E-state index contributed by atoms with van der Waals surface area (Å²) in [5.41, 5.74) is 1.18. The minimum absolute atomic E-state index is 0.0467. The number of amides is 5. The predicted molar refractivity (Wildman–Crippen MR) is 128 cm³/mol. The van der Waals surface area contributed by atoms with Crippen LogP contribution >= 0.6 is 11.6 Å². The van der Waals surface area contributed by atoms with E-state index in [9.17, 15) is 19.2 Å². The van der Waals surface area contributed by atoms with Gasteiger partial charge in [0.25, 0.3) is 11.8 Å². The minimum atomic E-state index is -0.686. The summed E-state index contributed by atoms with van der Waals surface area (Å²) in [7, 11) is 0. The molecule has 2 aliphatic heterocycles. The number of urea groups is 1. The van der Waals surface area contributed by atoms with E-state index >= 15 is 0 Å². The Morgan fingerprint density at radius 1 is 1.06 bits per heavy atom. The fourth-order valence-corrected chi connectivity index (χ4v) is 3.59. The first kappa shape index (κ1) is 24.2. The first-order chi connectivity index (χ1) is 16.9. The van der Waals surface area contributed by atoms with Crippen molar-refractivity contribution in [1.82, 2.24) is 15.1 Å². The zero-order valence-electron chi connectivity index (χ0n) is 18.7. The Balaban J connectivity index is 1.31. The zero-order chi connectivity index (χ0) is 24.8. The van der Waals surface area contributed by atoms with E-state index in [2.05, 4.69) is 10.6 Å². The fourth-order valence-electron chi connectivity index (χ4n) is 3.47. The molecule has 0 aromatic heterocycles. The number of benzene rings is 2. The molecule has 0 spiro atoms. The SMILES string of the molecule is O=C(CN1C(=O)N/C(=C\c2ccc(OCC(=O)N3CCOCC3)cc2)C1=O)Nc1ccc(Cl)cc1. The van der Waals surface area contributed by atoms with Gasteiger partial charge in [0, 0.05) is 23.8 Å². The van der Waals surface area contributed by atoms with E-state index < -0.39 is 24.4 Å². The summed E-state index contributed by atoms with van der Waals surface area (Å²) in [6.45, 7) is 1.63. The summed E-state index contributed by atoms with van der Waals surface area (Å²) in [5.74, 6) is -0.752. The molecule has 182 valence electrons. The third-order valence-corrected chi connectivity index (χ3v) is 5.56. The van der Waals surface area contributed by atoms with Crippen molar-refractivity contribution in [2.45, 2.75) is 0 Å². The van der Waals surface area contributed by atoms with Gasteiger partial charge in [-0.15, -0.1) is 0 Å². The van der Waals surface area contributed by atoms with Crippen molar-refractivity contribution in [2.75, 3.05) is 44.8 Å². The molecule has 35 heavy (non-hydrogen) atoms. The first-order valence-electron chi connectivity index (χ1n) is 10.9. The molecular formula is C24H23ClN4O6. The molecule has 0 unspecified atom stereocenters. The number of nitrogens with one attached hydrogen (secondary N) is 2. The lowest BCUT2D eigenvalue weighted by molar-refractivity contribution is -0.137. The van der Waals surface area contributed by atoms with Crippen LogP contribution in [0.5, 0.6) is 5.75 Å². The van der Waals surface area contributed by atoms with E-state index in [4.69, 9.17) is 21.1 Å². The first-order valence-corrected chi connectivity index (χ1v) is 11.3. The summed E-state index contributed by atoms with van der Waals surface area (Å²) >= 11 is 5.82. The van der Waals surface area contributed by atoms with Crippen LogP contribution in [0, 0.1) is 0 Å². The maximum Gasteiger partial charge on any atom is 0.329 e. The number of hydrogen-bond acceptors (Lipinski definition) is 6. The van der Waals surface area contributed by atoms with E-state index in [1.54, 1.807) is 53.4 Å². The number of carbonyl (C=O) groups excluding carboxylic acids is 4. The van der Waals surface area contributed by atoms with E-state index in [0.29, 0.717) is 48.3 Å². The highest BCUT2D eigenvalue weighted by atomic mass is 35.5. The van der Waals surface area contributed by atoms with Crippen LogP contribution in [0.15, 0.2) is 54.2 Å². The largest absolute Gasteiger partial charge is 0.484 e. The average Bonchev–Trinajstić information content (AvgIpc) is 3.12. The lowest BCUT2D eigenvalue weighted by atomic mass is 10.2. The van der Waals surface area contributed by atoms with Crippen LogP contribution in [-0.2, 0) is 19.1 Å². The van der Waals surface area contributed by atoms with Crippen LogP contribution in [0.25, 0.3) is 6.08 Å². The third kappa shape index (κ3) is 6.37. The molecule has 2 aliphatic rings. The van der Waals surface area contributed by atoms with E-state index in [1.807, 2.05) is 0 Å². The molecule has 0 radical (unpaired) electrons. The predicted octanol–water partition coefficient (Wildman–Crippen LogP) is 2.11. The smallest absolute Gasteiger partial charge is 0.329 e. The Morgan fingerprint density at radius 2 is 1.74 bits per heavy atom. The maximum absolute atomic E-state index is 12.6. The molecule has 0 bridgehead atoms. The summed E-state index contributed by atoms with van der Waals surface area (Å²) < 4.78 is 10.8. The standard InChI is InChI=1S/C24H23ClN4O6/c25-17-3-5-18(6-4-17)26-21(30)14-29-23(32)20(27-24(29)33)13-16-1-7-19(8-2-16)35-15-22(31)28-9-11-34-12-10-28/h1-8,13H,9-12,14-15H2,(H,26,30)(H,27,33)/b20-13-. The van der Waals surface area contributed by atoms with E-state index in [0.717, 1.165) is 4.90 Å². The lowest BCUT2D eigenvalue weighted by Gasteiger charge is -2.26. The monoisotopic (exact) mass is 498 g/mol. The maximum atomic E-state index is 12.6.